The Morgan fingerprint density at radius 2 is 1.90 bits per heavy atom. The quantitative estimate of drug-likeness (QED) is 0.730. The van der Waals surface area contributed by atoms with E-state index < -0.39 is 0 Å². The highest BCUT2D eigenvalue weighted by Crippen LogP contribution is 2.19. The first-order chi connectivity index (χ1) is 9.47. The zero-order chi connectivity index (χ0) is 14.7. The molecule has 0 radical (unpaired) electrons. The lowest BCUT2D eigenvalue weighted by Crippen LogP contribution is -2.26. The van der Waals surface area contributed by atoms with E-state index in [0.717, 1.165) is 20.1 Å². The van der Waals surface area contributed by atoms with Crippen LogP contribution in [0.1, 0.15) is 21.5 Å². The molecule has 0 saturated carbocycles. The Morgan fingerprint density at radius 3 is 2.55 bits per heavy atom. The lowest BCUT2D eigenvalue weighted by Gasteiger charge is -2.18. The van der Waals surface area contributed by atoms with E-state index in [1.54, 1.807) is 4.90 Å². The molecule has 0 N–H and O–H groups in total. The van der Waals surface area contributed by atoms with Crippen molar-refractivity contribution in [3.8, 4) is 0 Å². The topological polar surface area (TPSA) is 20.3 Å². The number of nitrogens with zero attached hydrogens (tertiary/aromatic N) is 1. The lowest BCUT2D eigenvalue weighted by atomic mass is 10.1. The van der Waals surface area contributed by atoms with E-state index in [4.69, 9.17) is 0 Å². The van der Waals surface area contributed by atoms with Crippen LogP contribution in [-0.4, -0.2) is 17.9 Å². The van der Waals surface area contributed by atoms with Crippen LogP contribution in [0, 0.1) is 6.92 Å². The smallest absolute Gasteiger partial charge is 0.253 e. The number of amides is 1. The summed E-state index contributed by atoms with van der Waals surface area (Å²) in [5.74, 6) is 0.0191. The predicted octanol–water partition coefficient (Wildman–Crippen LogP) is 4.79. The maximum absolute atomic E-state index is 12.4. The van der Waals surface area contributed by atoms with Crippen LogP contribution in [0.4, 0.5) is 0 Å². The molecule has 0 saturated heterocycles. The van der Waals surface area contributed by atoms with Gasteiger partial charge in [-0.25, -0.2) is 0 Å². The van der Waals surface area contributed by atoms with Gasteiger partial charge in [0.05, 0.1) is 0 Å². The summed E-state index contributed by atoms with van der Waals surface area (Å²) in [6.07, 6.45) is 0. The molecule has 104 valence electrons. The first-order valence-corrected chi connectivity index (χ1v) is 7.82. The molecule has 0 spiro atoms. The van der Waals surface area contributed by atoms with Crippen LogP contribution in [0.15, 0.2) is 51.4 Å². The zero-order valence-electron chi connectivity index (χ0n) is 11.4. The van der Waals surface area contributed by atoms with Gasteiger partial charge in [-0.2, -0.15) is 0 Å². The molecule has 20 heavy (non-hydrogen) atoms. The highest BCUT2D eigenvalue weighted by molar-refractivity contribution is 9.10. The molecule has 1 amide bonds. The van der Waals surface area contributed by atoms with E-state index in [1.165, 1.54) is 0 Å². The molecule has 0 aliphatic carbocycles. The van der Waals surface area contributed by atoms with Crippen LogP contribution < -0.4 is 0 Å². The van der Waals surface area contributed by atoms with Crippen molar-refractivity contribution in [2.24, 2.45) is 0 Å². The van der Waals surface area contributed by atoms with Gasteiger partial charge < -0.3 is 4.90 Å². The monoisotopic (exact) mass is 395 g/mol. The molecule has 0 atom stereocenters. The fourth-order valence-corrected chi connectivity index (χ4v) is 2.75. The molecule has 0 heterocycles. The van der Waals surface area contributed by atoms with Gasteiger partial charge in [0.15, 0.2) is 0 Å². The lowest BCUT2D eigenvalue weighted by molar-refractivity contribution is 0.0785. The van der Waals surface area contributed by atoms with Crippen LogP contribution in [0.2, 0.25) is 0 Å². The second-order valence-corrected chi connectivity index (χ2v) is 6.53. The third-order valence-corrected chi connectivity index (χ3v) is 4.42. The average molecular weight is 397 g/mol. The maximum atomic E-state index is 12.4. The van der Waals surface area contributed by atoms with Gasteiger partial charge in [0.25, 0.3) is 5.91 Å². The van der Waals surface area contributed by atoms with Crippen molar-refractivity contribution < 1.29 is 4.79 Å². The summed E-state index contributed by atoms with van der Waals surface area (Å²) >= 11 is 6.90. The molecule has 4 heteroatoms. The van der Waals surface area contributed by atoms with Gasteiger partial charge in [-0.05, 0) is 42.3 Å². The van der Waals surface area contributed by atoms with Crippen LogP contribution in [0.25, 0.3) is 0 Å². The van der Waals surface area contributed by atoms with Crippen molar-refractivity contribution in [1.29, 1.82) is 0 Å². The van der Waals surface area contributed by atoms with E-state index in [9.17, 15) is 4.79 Å². The number of rotatable bonds is 3. The van der Waals surface area contributed by atoms with E-state index in [-0.39, 0.29) is 5.91 Å². The molecule has 0 aromatic heterocycles. The molecule has 0 aliphatic heterocycles. The van der Waals surface area contributed by atoms with Crippen molar-refractivity contribution in [2.75, 3.05) is 7.05 Å². The van der Waals surface area contributed by atoms with E-state index in [2.05, 4.69) is 31.9 Å². The maximum Gasteiger partial charge on any atom is 0.253 e. The normalized spacial score (nSPS) is 10.4. The summed E-state index contributed by atoms with van der Waals surface area (Å²) < 4.78 is 1.98. The van der Waals surface area contributed by atoms with Crippen LogP contribution in [0.3, 0.4) is 0 Å². The zero-order valence-corrected chi connectivity index (χ0v) is 14.5. The second kappa shape index (κ2) is 6.55. The molecular formula is C16H15Br2NO. The van der Waals surface area contributed by atoms with Gasteiger partial charge in [-0.3, -0.25) is 4.79 Å². The molecule has 0 aliphatic rings. The number of carbonyl (C=O) groups excluding carboxylic acids is 1. The Bertz CT molecular complexity index is 640. The third kappa shape index (κ3) is 3.70. The molecular weight excluding hydrogens is 382 g/mol. The van der Waals surface area contributed by atoms with E-state index >= 15 is 0 Å². The SMILES string of the molecule is Cc1ccc(C(=O)N(C)Cc2cccc(Br)c2)cc1Br. The Hall–Kier alpha value is -1.13. The Morgan fingerprint density at radius 1 is 1.15 bits per heavy atom. The number of hydrogen-bond donors (Lipinski definition) is 0. The number of carbonyl (C=O) groups is 1. The van der Waals surface area contributed by atoms with Crippen LogP contribution in [-0.2, 0) is 6.54 Å². The molecule has 2 aromatic carbocycles. The van der Waals surface area contributed by atoms with Crippen molar-refractivity contribution in [3.05, 3.63) is 68.1 Å². The summed E-state index contributed by atoms with van der Waals surface area (Å²) in [5.41, 5.74) is 2.91. The first kappa shape index (κ1) is 15.3. The number of halogens is 2. The number of aryl methyl sites for hydroxylation is 1. The fourth-order valence-electron chi connectivity index (χ4n) is 1.93. The Labute approximate surface area is 136 Å². The van der Waals surface area contributed by atoms with Crippen LogP contribution >= 0.6 is 31.9 Å². The average Bonchev–Trinajstić information content (AvgIpc) is 2.41. The van der Waals surface area contributed by atoms with Gasteiger partial charge in [0.2, 0.25) is 0 Å². The predicted molar refractivity (Wildman–Crippen MR) is 88.8 cm³/mol. The van der Waals surface area contributed by atoms with Gasteiger partial charge in [-0.1, -0.05) is 50.1 Å². The molecule has 0 bridgehead atoms. The van der Waals surface area contributed by atoms with Gasteiger partial charge in [0, 0.05) is 28.1 Å². The minimum Gasteiger partial charge on any atom is -0.337 e. The fraction of sp³-hybridized carbons (Fsp3) is 0.188. The van der Waals surface area contributed by atoms with Crippen molar-refractivity contribution >= 4 is 37.8 Å². The van der Waals surface area contributed by atoms with Gasteiger partial charge in [-0.15, -0.1) is 0 Å². The molecule has 0 unspecified atom stereocenters. The Kier molecular flexibility index (Phi) is 5.00. The van der Waals surface area contributed by atoms with Crippen molar-refractivity contribution in [3.63, 3.8) is 0 Å². The summed E-state index contributed by atoms with van der Waals surface area (Å²) in [6, 6.07) is 13.7. The van der Waals surface area contributed by atoms with Crippen molar-refractivity contribution in [2.45, 2.75) is 13.5 Å². The first-order valence-electron chi connectivity index (χ1n) is 6.23. The summed E-state index contributed by atoms with van der Waals surface area (Å²) in [5, 5.41) is 0. The van der Waals surface area contributed by atoms with E-state index in [1.807, 2.05) is 56.4 Å². The molecule has 2 aromatic rings. The minimum absolute atomic E-state index is 0.0191. The van der Waals surface area contributed by atoms with Gasteiger partial charge in [0.1, 0.15) is 0 Å². The second-order valence-electron chi connectivity index (χ2n) is 4.76. The summed E-state index contributed by atoms with van der Waals surface area (Å²) in [6.45, 7) is 2.59. The third-order valence-electron chi connectivity index (χ3n) is 3.07. The number of benzene rings is 2. The summed E-state index contributed by atoms with van der Waals surface area (Å²) in [4.78, 5) is 14.1. The highest BCUT2D eigenvalue weighted by atomic mass is 79.9. The minimum atomic E-state index is 0.0191. The van der Waals surface area contributed by atoms with E-state index in [0.29, 0.717) is 12.1 Å². The Balaban J connectivity index is 2.14. The van der Waals surface area contributed by atoms with Crippen LogP contribution in [0.5, 0.6) is 0 Å². The molecule has 0 fully saturated rings. The molecule has 2 rings (SSSR count). The van der Waals surface area contributed by atoms with Crippen molar-refractivity contribution in [1.82, 2.24) is 4.90 Å². The standard InChI is InChI=1S/C16H15Br2NO/c1-11-6-7-13(9-15(11)18)16(20)19(2)10-12-4-3-5-14(17)8-12/h3-9H,10H2,1-2H3. The molecule has 2 nitrogen and oxygen atoms in total. The van der Waals surface area contributed by atoms with Gasteiger partial charge >= 0.3 is 0 Å². The largest absolute Gasteiger partial charge is 0.337 e. The number of hydrogen-bond acceptors (Lipinski definition) is 1. The highest BCUT2D eigenvalue weighted by Gasteiger charge is 2.13. The summed E-state index contributed by atoms with van der Waals surface area (Å²) in [7, 11) is 1.82.